The zero-order valence-electron chi connectivity index (χ0n) is 18.9. The minimum absolute atomic E-state index is 0.0754. The third-order valence-corrected chi connectivity index (χ3v) is 7.47. The number of hydrogen-bond donors (Lipinski definition) is 1. The zero-order valence-corrected chi connectivity index (χ0v) is 18.9. The molecule has 1 aliphatic heterocycles. The van der Waals surface area contributed by atoms with Crippen LogP contribution in [0.1, 0.15) is 81.8 Å². The summed E-state index contributed by atoms with van der Waals surface area (Å²) in [7, 11) is 0. The van der Waals surface area contributed by atoms with Gasteiger partial charge in [0.05, 0.1) is 10.9 Å². The number of carbonyl (C=O) groups excluding carboxylic acids is 1. The number of likely N-dealkylation sites (tertiary alicyclic amines) is 1. The smallest absolute Gasteiger partial charge is 0.330 e. The van der Waals surface area contributed by atoms with Crippen molar-refractivity contribution in [2.75, 3.05) is 6.54 Å². The highest BCUT2D eigenvalue weighted by molar-refractivity contribution is 6.06. The normalized spacial score (nSPS) is 22.3. The molecule has 1 spiro atoms. The van der Waals surface area contributed by atoms with Gasteiger partial charge in [-0.3, -0.25) is 19.1 Å². The molecule has 1 atom stereocenters. The van der Waals surface area contributed by atoms with E-state index in [0.29, 0.717) is 35.1 Å². The first-order valence-corrected chi connectivity index (χ1v) is 11.7. The quantitative estimate of drug-likeness (QED) is 0.798. The molecule has 1 N–H and O–H groups in total. The van der Waals surface area contributed by atoms with Crippen LogP contribution in [0.15, 0.2) is 15.7 Å². The second-order valence-corrected chi connectivity index (χ2v) is 10.6. The molecule has 2 aromatic rings. The fraction of sp³-hybridized carbons (Fsp3) is 0.667. The monoisotopic (exact) mass is 424 g/mol. The molecule has 2 saturated carbocycles. The highest BCUT2D eigenvalue weighted by atomic mass is 16.2. The van der Waals surface area contributed by atoms with Crippen LogP contribution in [-0.2, 0) is 6.54 Å². The molecule has 1 saturated heterocycles. The maximum Gasteiger partial charge on any atom is 0.330 e. The molecule has 1 amide bonds. The van der Waals surface area contributed by atoms with Gasteiger partial charge in [0.15, 0.2) is 5.65 Å². The number of amides is 1. The largest absolute Gasteiger partial charge is 0.334 e. The number of rotatable bonds is 5. The summed E-state index contributed by atoms with van der Waals surface area (Å²) in [6, 6.07) is 2.09. The molecule has 7 nitrogen and oxygen atoms in total. The summed E-state index contributed by atoms with van der Waals surface area (Å²) in [5, 5.41) is 0.249. The van der Waals surface area contributed by atoms with Gasteiger partial charge in [-0.2, -0.15) is 0 Å². The van der Waals surface area contributed by atoms with Crippen molar-refractivity contribution in [1.29, 1.82) is 0 Å². The van der Waals surface area contributed by atoms with Gasteiger partial charge in [-0.25, -0.2) is 9.78 Å². The molecule has 2 aromatic heterocycles. The summed E-state index contributed by atoms with van der Waals surface area (Å²) in [5.41, 5.74) is 0.790. The molecule has 166 valence electrons. The molecular weight excluding hydrogens is 392 g/mol. The number of H-pyrrole nitrogens is 1. The van der Waals surface area contributed by atoms with Crippen LogP contribution in [0.5, 0.6) is 0 Å². The fourth-order valence-corrected chi connectivity index (χ4v) is 5.65. The van der Waals surface area contributed by atoms with Crippen LogP contribution in [0.2, 0.25) is 0 Å². The van der Waals surface area contributed by atoms with E-state index in [2.05, 4.69) is 4.98 Å². The lowest BCUT2D eigenvalue weighted by Gasteiger charge is -2.63. The van der Waals surface area contributed by atoms with Crippen molar-refractivity contribution < 1.29 is 4.79 Å². The Morgan fingerprint density at radius 1 is 1.23 bits per heavy atom. The van der Waals surface area contributed by atoms with Gasteiger partial charge in [0.2, 0.25) is 0 Å². The Labute approximate surface area is 181 Å². The van der Waals surface area contributed by atoms with Gasteiger partial charge >= 0.3 is 5.69 Å². The SMILES string of the molecule is CC(C)Cn1c(=O)[nH]c(=O)c2c(C(=O)N3CC4(CCC4)C3C3CC3)cc(C(C)C)nc21. The minimum Gasteiger partial charge on any atom is -0.334 e. The van der Waals surface area contributed by atoms with Crippen LogP contribution >= 0.6 is 0 Å². The van der Waals surface area contributed by atoms with Crippen molar-refractivity contribution >= 4 is 16.9 Å². The third-order valence-electron chi connectivity index (χ3n) is 7.47. The van der Waals surface area contributed by atoms with Gasteiger partial charge in [-0.05, 0) is 49.5 Å². The number of carbonyl (C=O) groups is 1. The molecule has 31 heavy (non-hydrogen) atoms. The molecule has 1 unspecified atom stereocenters. The van der Waals surface area contributed by atoms with Crippen LogP contribution in [0, 0.1) is 17.3 Å². The molecular formula is C24H32N4O3. The highest BCUT2D eigenvalue weighted by Gasteiger charge is 2.61. The van der Waals surface area contributed by atoms with Crippen LogP contribution in [0.25, 0.3) is 11.0 Å². The minimum atomic E-state index is -0.520. The maximum atomic E-state index is 13.8. The Hall–Kier alpha value is -2.44. The van der Waals surface area contributed by atoms with E-state index in [1.54, 1.807) is 6.07 Å². The Balaban J connectivity index is 1.66. The zero-order chi connectivity index (χ0) is 22.1. The summed E-state index contributed by atoms with van der Waals surface area (Å²) < 4.78 is 1.52. The lowest BCUT2D eigenvalue weighted by Crippen LogP contribution is -2.69. The first-order valence-electron chi connectivity index (χ1n) is 11.7. The molecule has 3 aliphatic rings. The van der Waals surface area contributed by atoms with E-state index in [9.17, 15) is 14.4 Å². The number of aromatic nitrogens is 3. The van der Waals surface area contributed by atoms with Crippen molar-refractivity contribution in [3.63, 3.8) is 0 Å². The number of aromatic amines is 1. The van der Waals surface area contributed by atoms with E-state index in [4.69, 9.17) is 4.98 Å². The van der Waals surface area contributed by atoms with E-state index in [-0.39, 0.29) is 23.1 Å². The number of nitrogens with zero attached hydrogens (tertiary/aromatic N) is 3. The standard InChI is InChI=1S/C24H32N4O3/c1-13(2)11-27-20-18(21(29)26-23(27)31)16(10-17(25-20)14(3)4)22(30)28-12-24(8-5-9-24)19(28)15-6-7-15/h10,13-15,19H,5-9,11-12H2,1-4H3,(H,26,29,31). The maximum absolute atomic E-state index is 13.8. The summed E-state index contributed by atoms with van der Waals surface area (Å²) >= 11 is 0. The van der Waals surface area contributed by atoms with Crippen LogP contribution < -0.4 is 11.2 Å². The van der Waals surface area contributed by atoms with E-state index >= 15 is 0 Å². The van der Waals surface area contributed by atoms with Crippen LogP contribution in [-0.4, -0.2) is 37.9 Å². The Morgan fingerprint density at radius 3 is 2.48 bits per heavy atom. The third kappa shape index (κ3) is 3.15. The second-order valence-electron chi connectivity index (χ2n) is 10.6. The predicted octanol–water partition coefficient (Wildman–Crippen LogP) is 3.27. The van der Waals surface area contributed by atoms with E-state index in [1.165, 1.54) is 36.7 Å². The van der Waals surface area contributed by atoms with Gasteiger partial charge in [0.25, 0.3) is 11.5 Å². The Bertz CT molecular complexity index is 1170. The summed E-state index contributed by atoms with van der Waals surface area (Å²) in [5.74, 6) is 0.798. The second kappa shape index (κ2) is 7.04. The van der Waals surface area contributed by atoms with Crippen molar-refractivity contribution in [2.24, 2.45) is 17.3 Å². The van der Waals surface area contributed by atoms with Crippen molar-refractivity contribution in [3.05, 3.63) is 38.2 Å². The number of nitrogens with one attached hydrogen (secondary N) is 1. The summed E-state index contributed by atoms with van der Waals surface area (Å²) in [6.45, 7) is 9.28. The number of hydrogen-bond acceptors (Lipinski definition) is 4. The molecule has 7 heteroatoms. The van der Waals surface area contributed by atoms with E-state index in [0.717, 1.165) is 12.2 Å². The average Bonchev–Trinajstić information content (AvgIpc) is 3.46. The first-order chi connectivity index (χ1) is 14.7. The molecule has 0 bridgehead atoms. The summed E-state index contributed by atoms with van der Waals surface area (Å²) in [6.07, 6.45) is 6.06. The van der Waals surface area contributed by atoms with Gasteiger partial charge in [-0.1, -0.05) is 34.1 Å². The first kappa shape index (κ1) is 20.5. The number of pyridine rings is 1. The Morgan fingerprint density at radius 2 is 1.94 bits per heavy atom. The molecule has 0 aromatic carbocycles. The van der Waals surface area contributed by atoms with Crippen molar-refractivity contribution in [1.82, 2.24) is 19.4 Å². The average molecular weight is 425 g/mol. The van der Waals surface area contributed by atoms with Crippen LogP contribution in [0.4, 0.5) is 0 Å². The highest BCUT2D eigenvalue weighted by Crippen LogP contribution is 2.60. The van der Waals surface area contributed by atoms with Gasteiger partial charge in [0, 0.05) is 30.2 Å². The van der Waals surface area contributed by atoms with Gasteiger partial charge in [0.1, 0.15) is 0 Å². The molecule has 0 radical (unpaired) electrons. The Kier molecular flexibility index (Phi) is 4.65. The lowest BCUT2D eigenvalue weighted by molar-refractivity contribution is -0.111. The van der Waals surface area contributed by atoms with Gasteiger partial charge < -0.3 is 4.90 Å². The lowest BCUT2D eigenvalue weighted by atomic mass is 9.56. The van der Waals surface area contributed by atoms with E-state index in [1.807, 2.05) is 32.6 Å². The van der Waals surface area contributed by atoms with E-state index < -0.39 is 11.2 Å². The molecule has 3 fully saturated rings. The van der Waals surface area contributed by atoms with Crippen molar-refractivity contribution in [3.8, 4) is 0 Å². The predicted molar refractivity (Wildman–Crippen MR) is 119 cm³/mol. The topological polar surface area (TPSA) is 88.1 Å². The molecule has 5 rings (SSSR count). The van der Waals surface area contributed by atoms with Gasteiger partial charge in [-0.15, -0.1) is 0 Å². The summed E-state index contributed by atoms with van der Waals surface area (Å²) in [4.78, 5) is 48.5. The molecule has 3 heterocycles. The van der Waals surface area contributed by atoms with Crippen LogP contribution in [0.3, 0.4) is 0 Å². The molecule has 2 aliphatic carbocycles. The van der Waals surface area contributed by atoms with Crippen molar-refractivity contribution in [2.45, 2.75) is 78.3 Å². The number of fused-ring (bicyclic) bond motifs is 1. The fourth-order valence-electron chi connectivity index (χ4n) is 5.65.